The molecule has 2 aromatic carbocycles. The molecule has 3 heteroatoms. The van der Waals surface area contributed by atoms with Crippen molar-refractivity contribution in [1.29, 1.82) is 0 Å². The van der Waals surface area contributed by atoms with Crippen LogP contribution in [0.25, 0.3) is 16.8 Å². The third-order valence-corrected chi connectivity index (χ3v) is 3.43. The zero-order chi connectivity index (χ0) is 17.1. The highest BCUT2D eigenvalue weighted by atomic mass is 16.5. The van der Waals surface area contributed by atoms with Gasteiger partial charge in [0.2, 0.25) is 0 Å². The monoisotopic (exact) mass is 312 g/mol. The van der Waals surface area contributed by atoms with E-state index in [0.717, 1.165) is 33.2 Å². The average Bonchev–Trinajstić information content (AvgIpc) is 2.44. The molecule has 0 amide bonds. The summed E-state index contributed by atoms with van der Waals surface area (Å²) in [7, 11) is 1.67. The third kappa shape index (κ3) is 3.92. The molecule has 0 fully saturated rings. The molecule has 2 rings (SSSR count). The van der Waals surface area contributed by atoms with Crippen molar-refractivity contribution < 1.29 is 14.3 Å². The first-order valence-corrected chi connectivity index (χ1v) is 7.80. The number of benzene rings is 2. The lowest BCUT2D eigenvalue weighted by molar-refractivity contribution is 0.0378. The van der Waals surface area contributed by atoms with Gasteiger partial charge in [-0.3, -0.25) is 0 Å². The average molecular weight is 312 g/mol. The number of carbonyl (C=O) groups is 1. The van der Waals surface area contributed by atoms with Gasteiger partial charge in [-0.05, 0) is 69.3 Å². The van der Waals surface area contributed by atoms with E-state index in [0.29, 0.717) is 5.56 Å². The maximum absolute atomic E-state index is 12.3. The minimum absolute atomic E-state index is 0.142. The van der Waals surface area contributed by atoms with E-state index in [-0.39, 0.29) is 12.1 Å². The summed E-state index contributed by atoms with van der Waals surface area (Å²) in [6, 6.07) is 7.82. The first-order valence-electron chi connectivity index (χ1n) is 7.80. The predicted molar refractivity (Wildman–Crippen MR) is 95.1 cm³/mol. The molecule has 122 valence electrons. The Morgan fingerprint density at radius 3 is 2.39 bits per heavy atom. The van der Waals surface area contributed by atoms with E-state index >= 15 is 0 Å². The fourth-order valence-electron chi connectivity index (χ4n) is 2.64. The molecule has 0 radical (unpaired) electrons. The highest BCUT2D eigenvalue weighted by Crippen LogP contribution is 2.33. The van der Waals surface area contributed by atoms with E-state index in [4.69, 9.17) is 9.47 Å². The van der Waals surface area contributed by atoms with Crippen molar-refractivity contribution in [2.24, 2.45) is 0 Å². The first kappa shape index (κ1) is 17.1. The lowest BCUT2D eigenvalue weighted by Crippen LogP contribution is -2.11. The van der Waals surface area contributed by atoms with Gasteiger partial charge in [-0.2, -0.15) is 0 Å². The number of esters is 1. The van der Waals surface area contributed by atoms with Crippen LogP contribution in [0.3, 0.4) is 0 Å². The Labute approximate surface area is 137 Å². The van der Waals surface area contributed by atoms with Crippen LogP contribution in [0.15, 0.2) is 29.8 Å². The Morgan fingerprint density at radius 1 is 1.13 bits per heavy atom. The molecule has 3 nitrogen and oxygen atoms in total. The summed E-state index contributed by atoms with van der Waals surface area (Å²) in [6.45, 7) is 9.78. The second kappa shape index (κ2) is 6.86. The van der Waals surface area contributed by atoms with Crippen LogP contribution >= 0.6 is 0 Å². The maximum Gasteiger partial charge on any atom is 0.338 e. The highest BCUT2D eigenvalue weighted by Gasteiger charge is 2.15. The van der Waals surface area contributed by atoms with Crippen molar-refractivity contribution in [3.8, 4) is 5.75 Å². The number of rotatable bonds is 4. The van der Waals surface area contributed by atoms with E-state index in [2.05, 4.69) is 12.1 Å². The summed E-state index contributed by atoms with van der Waals surface area (Å²) in [5.41, 5.74) is 3.77. The fraction of sp³-hybridized carbons (Fsp3) is 0.350. The van der Waals surface area contributed by atoms with Crippen LogP contribution in [0, 0.1) is 6.92 Å². The molecular formula is C20H24O3. The maximum atomic E-state index is 12.3. The Bertz CT molecular complexity index is 766. The SMILES string of the molecule is COc1cc(C)cc2cc(C(=O)OC(C)C)cc(C=C(C)C)c12. The molecule has 2 aromatic rings. The molecule has 0 aromatic heterocycles. The van der Waals surface area contributed by atoms with E-state index < -0.39 is 0 Å². The fourth-order valence-corrected chi connectivity index (χ4v) is 2.64. The highest BCUT2D eigenvalue weighted by molar-refractivity contribution is 6.02. The van der Waals surface area contributed by atoms with Crippen LogP contribution in [0.2, 0.25) is 0 Å². The molecular weight excluding hydrogens is 288 g/mol. The van der Waals surface area contributed by atoms with Gasteiger partial charge in [0.25, 0.3) is 0 Å². The number of hydrogen-bond donors (Lipinski definition) is 0. The number of aryl methyl sites for hydroxylation is 1. The van der Waals surface area contributed by atoms with Gasteiger partial charge in [-0.1, -0.05) is 17.7 Å². The molecule has 0 bridgehead atoms. The standard InChI is InChI=1S/C20H24O3/c1-12(2)7-15-10-17(20(21)23-13(3)4)11-16-8-14(5)9-18(22-6)19(15)16/h7-11,13H,1-6H3. The van der Waals surface area contributed by atoms with E-state index in [1.165, 1.54) is 0 Å². The van der Waals surface area contributed by atoms with Gasteiger partial charge in [0, 0.05) is 5.39 Å². The molecule has 0 aliphatic heterocycles. The summed E-state index contributed by atoms with van der Waals surface area (Å²) in [5, 5.41) is 1.99. The van der Waals surface area contributed by atoms with Crippen molar-refractivity contribution in [3.05, 3.63) is 46.5 Å². The molecule has 0 N–H and O–H groups in total. The van der Waals surface area contributed by atoms with Crippen molar-refractivity contribution in [3.63, 3.8) is 0 Å². The second-order valence-electron chi connectivity index (χ2n) is 6.31. The summed E-state index contributed by atoms with van der Waals surface area (Å²) in [6.07, 6.45) is 1.92. The van der Waals surface area contributed by atoms with Gasteiger partial charge in [-0.25, -0.2) is 4.79 Å². The van der Waals surface area contributed by atoms with Crippen molar-refractivity contribution >= 4 is 22.8 Å². The smallest absolute Gasteiger partial charge is 0.338 e. The Balaban J connectivity index is 2.75. The lowest BCUT2D eigenvalue weighted by Gasteiger charge is -2.14. The molecule has 0 spiro atoms. The van der Waals surface area contributed by atoms with Gasteiger partial charge < -0.3 is 9.47 Å². The van der Waals surface area contributed by atoms with Crippen LogP contribution in [0.4, 0.5) is 0 Å². The molecule has 0 unspecified atom stereocenters. The summed E-state index contributed by atoms with van der Waals surface area (Å²) < 4.78 is 10.9. The largest absolute Gasteiger partial charge is 0.496 e. The molecule has 0 aliphatic carbocycles. The molecule has 0 saturated heterocycles. The topological polar surface area (TPSA) is 35.5 Å². The van der Waals surface area contributed by atoms with Crippen LogP contribution in [-0.4, -0.2) is 19.2 Å². The Hall–Kier alpha value is -2.29. The van der Waals surface area contributed by atoms with Crippen LogP contribution in [0.5, 0.6) is 5.75 Å². The van der Waals surface area contributed by atoms with Gasteiger partial charge >= 0.3 is 5.97 Å². The predicted octanol–water partition coefficient (Wildman–Crippen LogP) is 5.15. The Kier molecular flexibility index (Phi) is 5.09. The zero-order valence-electron chi connectivity index (χ0n) is 14.7. The first-order chi connectivity index (χ1) is 10.8. The number of ether oxygens (including phenoxy) is 2. The lowest BCUT2D eigenvalue weighted by atomic mass is 9.97. The molecule has 0 aliphatic rings. The zero-order valence-corrected chi connectivity index (χ0v) is 14.7. The van der Waals surface area contributed by atoms with Crippen molar-refractivity contribution in [2.75, 3.05) is 7.11 Å². The van der Waals surface area contributed by atoms with E-state index in [9.17, 15) is 4.79 Å². The molecule has 0 atom stereocenters. The third-order valence-electron chi connectivity index (χ3n) is 3.43. The van der Waals surface area contributed by atoms with Crippen molar-refractivity contribution in [1.82, 2.24) is 0 Å². The molecule has 0 heterocycles. The summed E-state index contributed by atoms with van der Waals surface area (Å²) in [4.78, 5) is 12.3. The van der Waals surface area contributed by atoms with E-state index in [1.54, 1.807) is 7.11 Å². The van der Waals surface area contributed by atoms with Crippen LogP contribution in [-0.2, 0) is 4.74 Å². The Morgan fingerprint density at radius 2 is 1.83 bits per heavy atom. The number of allylic oxidation sites excluding steroid dienone is 1. The summed E-state index contributed by atoms with van der Waals surface area (Å²) in [5.74, 6) is 0.516. The number of hydrogen-bond acceptors (Lipinski definition) is 3. The van der Waals surface area contributed by atoms with E-state index in [1.807, 2.05) is 52.8 Å². The minimum atomic E-state index is -0.300. The molecule has 23 heavy (non-hydrogen) atoms. The number of methoxy groups -OCH3 is 1. The van der Waals surface area contributed by atoms with Crippen LogP contribution < -0.4 is 4.74 Å². The normalized spacial score (nSPS) is 10.7. The van der Waals surface area contributed by atoms with Crippen molar-refractivity contribution in [2.45, 2.75) is 40.7 Å². The minimum Gasteiger partial charge on any atom is -0.496 e. The second-order valence-corrected chi connectivity index (χ2v) is 6.31. The van der Waals surface area contributed by atoms with Crippen LogP contribution in [0.1, 0.15) is 49.2 Å². The number of fused-ring (bicyclic) bond motifs is 1. The van der Waals surface area contributed by atoms with Gasteiger partial charge in [0.15, 0.2) is 0 Å². The van der Waals surface area contributed by atoms with Gasteiger partial charge in [-0.15, -0.1) is 0 Å². The number of carbonyl (C=O) groups excluding carboxylic acids is 1. The van der Waals surface area contributed by atoms with Gasteiger partial charge in [0.05, 0.1) is 18.8 Å². The molecule has 0 saturated carbocycles. The summed E-state index contributed by atoms with van der Waals surface area (Å²) >= 11 is 0. The van der Waals surface area contributed by atoms with Gasteiger partial charge in [0.1, 0.15) is 5.75 Å². The quantitative estimate of drug-likeness (QED) is 0.733.